The van der Waals surface area contributed by atoms with Crippen molar-refractivity contribution in [3.8, 4) is 0 Å². The van der Waals surface area contributed by atoms with Crippen LogP contribution in [0, 0.1) is 5.92 Å². The smallest absolute Gasteiger partial charge is 0.317 e. The van der Waals surface area contributed by atoms with Gasteiger partial charge < -0.3 is 20.4 Å². The number of urea groups is 1. The summed E-state index contributed by atoms with van der Waals surface area (Å²) in [4.78, 5) is 23.8. The van der Waals surface area contributed by atoms with E-state index in [4.69, 9.17) is 5.11 Å². The van der Waals surface area contributed by atoms with Crippen molar-refractivity contribution in [3.63, 3.8) is 0 Å². The van der Waals surface area contributed by atoms with E-state index in [9.17, 15) is 14.7 Å². The van der Waals surface area contributed by atoms with Crippen molar-refractivity contribution in [3.05, 3.63) is 0 Å². The Labute approximate surface area is 113 Å². The van der Waals surface area contributed by atoms with E-state index in [2.05, 4.69) is 5.32 Å². The lowest BCUT2D eigenvalue weighted by atomic mass is 10.0. The SMILES string of the molecule is CC(CNC(=O)N(C)CC1(O)CCCC1)CC(=O)O. The summed E-state index contributed by atoms with van der Waals surface area (Å²) < 4.78 is 0. The number of carboxylic acids is 1. The summed E-state index contributed by atoms with van der Waals surface area (Å²) in [6, 6.07) is -0.266. The molecule has 1 fully saturated rings. The summed E-state index contributed by atoms with van der Waals surface area (Å²) in [6.45, 7) is 2.43. The highest BCUT2D eigenvalue weighted by molar-refractivity contribution is 5.74. The van der Waals surface area contributed by atoms with E-state index in [1.54, 1.807) is 14.0 Å². The molecule has 1 atom stereocenters. The van der Waals surface area contributed by atoms with Gasteiger partial charge in [0.1, 0.15) is 0 Å². The predicted octanol–water partition coefficient (Wildman–Crippen LogP) is 1.04. The Morgan fingerprint density at radius 1 is 1.37 bits per heavy atom. The molecule has 0 radical (unpaired) electrons. The fraction of sp³-hybridized carbons (Fsp3) is 0.846. The Balaban J connectivity index is 2.30. The van der Waals surface area contributed by atoms with Crippen molar-refractivity contribution in [2.24, 2.45) is 5.92 Å². The van der Waals surface area contributed by atoms with Crippen LogP contribution >= 0.6 is 0 Å². The van der Waals surface area contributed by atoms with Crippen molar-refractivity contribution in [2.75, 3.05) is 20.1 Å². The van der Waals surface area contributed by atoms with Gasteiger partial charge in [-0.05, 0) is 18.8 Å². The summed E-state index contributed by atoms with van der Waals surface area (Å²) >= 11 is 0. The second kappa shape index (κ2) is 6.75. The molecule has 1 aliphatic carbocycles. The molecule has 0 aromatic rings. The number of aliphatic hydroxyl groups is 1. The third-order valence-corrected chi connectivity index (χ3v) is 3.54. The molecule has 3 N–H and O–H groups in total. The molecule has 6 nitrogen and oxygen atoms in total. The van der Waals surface area contributed by atoms with E-state index in [1.165, 1.54) is 4.90 Å². The van der Waals surface area contributed by atoms with Gasteiger partial charge in [0.2, 0.25) is 0 Å². The first kappa shape index (κ1) is 15.8. The van der Waals surface area contributed by atoms with Crippen LogP contribution in [0.1, 0.15) is 39.0 Å². The van der Waals surface area contributed by atoms with Crippen LogP contribution in [-0.2, 0) is 4.79 Å². The second-order valence-electron chi connectivity index (χ2n) is 5.68. The minimum absolute atomic E-state index is 0.0356. The summed E-state index contributed by atoms with van der Waals surface area (Å²) in [6.07, 6.45) is 3.51. The first-order valence-electron chi connectivity index (χ1n) is 6.75. The molecule has 0 saturated heterocycles. The maximum absolute atomic E-state index is 11.8. The molecule has 0 aromatic carbocycles. The number of rotatable bonds is 6. The highest BCUT2D eigenvalue weighted by Crippen LogP contribution is 2.29. The summed E-state index contributed by atoms with van der Waals surface area (Å²) in [7, 11) is 1.65. The van der Waals surface area contributed by atoms with Gasteiger partial charge in [-0.1, -0.05) is 19.8 Å². The third-order valence-electron chi connectivity index (χ3n) is 3.54. The number of likely N-dealkylation sites (N-methyl/N-ethyl adjacent to an activating group) is 1. The molecule has 0 aromatic heterocycles. The Morgan fingerprint density at radius 2 is 1.95 bits per heavy atom. The van der Waals surface area contributed by atoms with Crippen molar-refractivity contribution < 1.29 is 19.8 Å². The molecule has 1 saturated carbocycles. The zero-order valence-electron chi connectivity index (χ0n) is 11.7. The number of carbonyl (C=O) groups is 2. The number of amides is 2. The van der Waals surface area contributed by atoms with Crippen LogP contribution in [0.3, 0.4) is 0 Å². The van der Waals surface area contributed by atoms with Gasteiger partial charge in [0.25, 0.3) is 0 Å². The average Bonchev–Trinajstić information content (AvgIpc) is 2.71. The Bertz CT molecular complexity index is 327. The standard InChI is InChI=1S/C13H24N2O4/c1-10(7-11(16)17)8-14-12(18)15(2)9-13(19)5-3-4-6-13/h10,19H,3-9H2,1-2H3,(H,14,18)(H,16,17). The predicted molar refractivity (Wildman–Crippen MR) is 70.9 cm³/mol. The highest BCUT2D eigenvalue weighted by atomic mass is 16.4. The summed E-state index contributed by atoms with van der Waals surface area (Å²) in [5.41, 5.74) is -0.751. The van der Waals surface area contributed by atoms with E-state index in [1.807, 2.05) is 0 Å². The number of hydrogen-bond donors (Lipinski definition) is 3. The topological polar surface area (TPSA) is 89.9 Å². The third kappa shape index (κ3) is 5.46. The minimum Gasteiger partial charge on any atom is -0.481 e. The van der Waals surface area contributed by atoms with Gasteiger partial charge in [-0.3, -0.25) is 4.79 Å². The maximum atomic E-state index is 11.8. The Morgan fingerprint density at radius 3 is 2.47 bits per heavy atom. The summed E-state index contributed by atoms with van der Waals surface area (Å²) in [5.74, 6) is -0.972. The quantitative estimate of drug-likeness (QED) is 0.674. The lowest BCUT2D eigenvalue weighted by Gasteiger charge is -2.29. The first-order valence-corrected chi connectivity index (χ1v) is 6.75. The van der Waals surface area contributed by atoms with Gasteiger partial charge in [0, 0.05) is 20.0 Å². The number of nitrogens with one attached hydrogen (secondary N) is 1. The molecule has 1 unspecified atom stereocenters. The normalized spacial score (nSPS) is 18.9. The lowest BCUT2D eigenvalue weighted by Crippen LogP contribution is -2.46. The van der Waals surface area contributed by atoms with Crippen LogP contribution in [0.5, 0.6) is 0 Å². The molecular formula is C13H24N2O4. The van der Waals surface area contributed by atoms with Gasteiger partial charge in [-0.15, -0.1) is 0 Å². The molecule has 6 heteroatoms. The van der Waals surface area contributed by atoms with Crippen LogP contribution in [0.15, 0.2) is 0 Å². The Kier molecular flexibility index (Phi) is 5.60. The van der Waals surface area contributed by atoms with Crippen LogP contribution in [0.4, 0.5) is 4.79 Å². The zero-order chi connectivity index (χ0) is 14.5. The van der Waals surface area contributed by atoms with Crippen LogP contribution in [0.2, 0.25) is 0 Å². The van der Waals surface area contributed by atoms with Crippen LogP contribution in [0.25, 0.3) is 0 Å². The fourth-order valence-electron chi connectivity index (χ4n) is 2.47. The molecule has 1 aliphatic rings. The molecule has 19 heavy (non-hydrogen) atoms. The van der Waals surface area contributed by atoms with Crippen LogP contribution < -0.4 is 5.32 Å². The Hall–Kier alpha value is -1.30. The van der Waals surface area contributed by atoms with Crippen molar-refractivity contribution in [1.29, 1.82) is 0 Å². The van der Waals surface area contributed by atoms with E-state index in [0.29, 0.717) is 13.1 Å². The molecule has 2 amide bonds. The van der Waals surface area contributed by atoms with E-state index in [0.717, 1.165) is 25.7 Å². The van der Waals surface area contributed by atoms with Gasteiger partial charge in [0.05, 0.1) is 12.1 Å². The van der Waals surface area contributed by atoms with Gasteiger partial charge >= 0.3 is 12.0 Å². The molecular weight excluding hydrogens is 248 g/mol. The van der Waals surface area contributed by atoms with Crippen molar-refractivity contribution >= 4 is 12.0 Å². The maximum Gasteiger partial charge on any atom is 0.317 e. The molecule has 0 heterocycles. The number of carboxylic acid groups (broad SMARTS) is 1. The molecule has 0 aliphatic heterocycles. The van der Waals surface area contributed by atoms with E-state index >= 15 is 0 Å². The van der Waals surface area contributed by atoms with Crippen LogP contribution in [-0.4, -0.2) is 52.9 Å². The highest BCUT2D eigenvalue weighted by Gasteiger charge is 2.33. The van der Waals surface area contributed by atoms with Gasteiger partial charge in [0.15, 0.2) is 0 Å². The van der Waals surface area contributed by atoms with Crippen molar-refractivity contribution in [1.82, 2.24) is 10.2 Å². The fourth-order valence-corrected chi connectivity index (χ4v) is 2.47. The average molecular weight is 272 g/mol. The molecule has 0 spiro atoms. The molecule has 1 rings (SSSR count). The largest absolute Gasteiger partial charge is 0.481 e. The minimum atomic E-state index is -0.865. The summed E-state index contributed by atoms with van der Waals surface area (Å²) in [5, 5.41) is 21.5. The number of hydrogen-bond acceptors (Lipinski definition) is 3. The number of nitrogens with zero attached hydrogens (tertiary/aromatic N) is 1. The zero-order valence-corrected chi connectivity index (χ0v) is 11.7. The lowest BCUT2D eigenvalue weighted by molar-refractivity contribution is -0.137. The van der Waals surface area contributed by atoms with Gasteiger partial charge in [-0.2, -0.15) is 0 Å². The van der Waals surface area contributed by atoms with E-state index < -0.39 is 11.6 Å². The number of aliphatic carboxylic acids is 1. The van der Waals surface area contributed by atoms with Gasteiger partial charge in [-0.25, -0.2) is 4.79 Å². The molecule has 0 bridgehead atoms. The monoisotopic (exact) mass is 272 g/mol. The van der Waals surface area contributed by atoms with Crippen molar-refractivity contribution in [2.45, 2.75) is 44.6 Å². The number of carbonyl (C=O) groups excluding carboxylic acids is 1. The van der Waals surface area contributed by atoms with E-state index in [-0.39, 0.29) is 18.4 Å². The second-order valence-corrected chi connectivity index (χ2v) is 5.68. The molecule has 110 valence electrons. The first-order chi connectivity index (χ1) is 8.82.